The molecular formula is C14H23NO4. The first-order valence-corrected chi connectivity index (χ1v) is 6.98. The molecule has 2 saturated carbocycles. The molecule has 19 heavy (non-hydrogen) atoms. The molecule has 0 aromatic rings. The van der Waals surface area contributed by atoms with E-state index in [2.05, 4.69) is 5.32 Å². The number of ether oxygens (including phenoxy) is 1. The molecule has 0 radical (unpaired) electrons. The molecule has 0 aromatic heterocycles. The van der Waals surface area contributed by atoms with E-state index in [0.717, 1.165) is 12.3 Å². The van der Waals surface area contributed by atoms with Gasteiger partial charge in [0.25, 0.3) is 0 Å². The predicted octanol–water partition coefficient (Wildman–Crippen LogP) is 1.42. The van der Waals surface area contributed by atoms with E-state index in [0.29, 0.717) is 18.3 Å². The van der Waals surface area contributed by atoms with Crippen molar-refractivity contribution in [1.29, 1.82) is 0 Å². The summed E-state index contributed by atoms with van der Waals surface area (Å²) in [6.07, 6.45) is 5.38. The van der Waals surface area contributed by atoms with Crippen LogP contribution in [0.3, 0.4) is 0 Å². The van der Waals surface area contributed by atoms with Gasteiger partial charge in [-0.3, -0.25) is 4.79 Å². The summed E-state index contributed by atoms with van der Waals surface area (Å²) in [5.41, 5.74) is -1.33. The monoisotopic (exact) mass is 269 g/mol. The minimum Gasteiger partial charge on any atom is -0.479 e. The smallest absolute Gasteiger partial charge is 0.331 e. The molecule has 5 heteroatoms. The lowest BCUT2D eigenvalue weighted by Crippen LogP contribution is -2.55. The zero-order valence-electron chi connectivity index (χ0n) is 11.6. The number of carboxylic acid groups (broad SMARTS) is 1. The highest BCUT2D eigenvalue weighted by atomic mass is 16.5. The van der Waals surface area contributed by atoms with Crippen molar-refractivity contribution in [3.05, 3.63) is 0 Å². The second kappa shape index (κ2) is 5.49. The topological polar surface area (TPSA) is 75.6 Å². The number of hydrogen-bond acceptors (Lipinski definition) is 3. The molecule has 2 bridgehead atoms. The molecule has 0 aromatic carbocycles. The fourth-order valence-corrected chi connectivity index (χ4v) is 3.66. The van der Waals surface area contributed by atoms with Crippen LogP contribution < -0.4 is 5.32 Å². The standard InChI is InChI=1S/C14H23NO4/c1-14(8-19-2,13(17)18)15-12(16)7-11-6-9-3-4-10(11)5-9/h9-11H,3-8H2,1-2H3,(H,15,16)(H,17,18). The zero-order valence-corrected chi connectivity index (χ0v) is 11.6. The summed E-state index contributed by atoms with van der Waals surface area (Å²) < 4.78 is 4.89. The van der Waals surface area contributed by atoms with Crippen molar-refractivity contribution in [2.45, 2.75) is 44.6 Å². The molecule has 4 atom stereocenters. The Kier molecular flexibility index (Phi) is 4.13. The van der Waals surface area contributed by atoms with Crippen LogP contribution in [0.4, 0.5) is 0 Å². The fourth-order valence-electron chi connectivity index (χ4n) is 3.66. The summed E-state index contributed by atoms with van der Waals surface area (Å²) in [5, 5.41) is 11.8. The summed E-state index contributed by atoms with van der Waals surface area (Å²) >= 11 is 0. The fraction of sp³-hybridized carbons (Fsp3) is 0.857. The van der Waals surface area contributed by atoms with Gasteiger partial charge in [0.15, 0.2) is 5.54 Å². The number of nitrogens with one attached hydrogen (secondary N) is 1. The van der Waals surface area contributed by atoms with Crippen LogP contribution in [0.25, 0.3) is 0 Å². The zero-order chi connectivity index (χ0) is 14.0. The van der Waals surface area contributed by atoms with Gasteiger partial charge in [0.1, 0.15) is 0 Å². The van der Waals surface area contributed by atoms with Crippen molar-refractivity contribution in [3.63, 3.8) is 0 Å². The number of methoxy groups -OCH3 is 1. The lowest BCUT2D eigenvalue weighted by molar-refractivity contribution is -0.149. The van der Waals surface area contributed by atoms with E-state index in [4.69, 9.17) is 4.74 Å². The van der Waals surface area contributed by atoms with Gasteiger partial charge >= 0.3 is 5.97 Å². The van der Waals surface area contributed by atoms with E-state index in [1.165, 1.54) is 33.3 Å². The molecule has 108 valence electrons. The number of aliphatic carboxylic acids is 1. The summed E-state index contributed by atoms with van der Waals surface area (Å²) in [5.74, 6) is 0.691. The van der Waals surface area contributed by atoms with E-state index in [1.54, 1.807) is 0 Å². The normalized spacial score (nSPS) is 32.0. The molecule has 0 aliphatic heterocycles. The molecular weight excluding hydrogens is 246 g/mol. The van der Waals surface area contributed by atoms with Crippen LogP contribution in [-0.4, -0.2) is 36.2 Å². The average molecular weight is 269 g/mol. The highest BCUT2D eigenvalue weighted by Crippen LogP contribution is 2.49. The van der Waals surface area contributed by atoms with E-state index in [9.17, 15) is 14.7 Å². The quantitative estimate of drug-likeness (QED) is 0.764. The van der Waals surface area contributed by atoms with Crippen LogP contribution in [0, 0.1) is 17.8 Å². The van der Waals surface area contributed by atoms with Gasteiger partial charge in [-0.15, -0.1) is 0 Å². The summed E-state index contributed by atoms with van der Waals surface area (Å²) in [4.78, 5) is 23.3. The van der Waals surface area contributed by atoms with E-state index < -0.39 is 11.5 Å². The second-order valence-electron chi connectivity index (χ2n) is 6.26. The van der Waals surface area contributed by atoms with Crippen molar-refractivity contribution in [2.75, 3.05) is 13.7 Å². The van der Waals surface area contributed by atoms with Gasteiger partial charge < -0.3 is 15.2 Å². The Morgan fingerprint density at radius 1 is 1.37 bits per heavy atom. The summed E-state index contributed by atoms with van der Waals surface area (Å²) in [6.45, 7) is 1.46. The molecule has 2 fully saturated rings. The van der Waals surface area contributed by atoms with Crippen molar-refractivity contribution in [1.82, 2.24) is 5.32 Å². The number of amides is 1. The number of carbonyl (C=O) groups is 2. The Bertz CT molecular complexity index is 370. The van der Waals surface area contributed by atoms with Gasteiger partial charge in [-0.1, -0.05) is 6.42 Å². The molecule has 0 saturated heterocycles. The van der Waals surface area contributed by atoms with E-state index in [-0.39, 0.29) is 12.5 Å². The first-order valence-electron chi connectivity index (χ1n) is 6.98. The Morgan fingerprint density at radius 3 is 2.58 bits per heavy atom. The number of fused-ring (bicyclic) bond motifs is 2. The number of carbonyl (C=O) groups excluding carboxylic acids is 1. The van der Waals surface area contributed by atoms with Gasteiger partial charge in [0.05, 0.1) is 6.61 Å². The number of carboxylic acids is 1. The third-order valence-electron chi connectivity index (χ3n) is 4.65. The maximum atomic E-state index is 12.0. The van der Waals surface area contributed by atoms with Gasteiger partial charge in [-0.25, -0.2) is 4.79 Å². The van der Waals surface area contributed by atoms with Crippen LogP contribution >= 0.6 is 0 Å². The molecule has 2 aliphatic rings. The Hall–Kier alpha value is -1.10. The summed E-state index contributed by atoms with van der Waals surface area (Å²) in [6, 6.07) is 0. The van der Waals surface area contributed by atoms with Crippen molar-refractivity contribution in [2.24, 2.45) is 17.8 Å². The second-order valence-corrected chi connectivity index (χ2v) is 6.26. The van der Waals surface area contributed by atoms with Crippen LogP contribution in [0.1, 0.15) is 39.0 Å². The first-order chi connectivity index (χ1) is 8.94. The lowest BCUT2D eigenvalue weighted by atomic mass is 9.86. The van der Waals surface area contributed by atoms with Crippen LogP contribution in [0.5, 0.6) is 0 Å². The molecule has 1 amide bonds. The molecule has 5 nitrogen and oxygen atoms in total. The van der Waals surface area contributed by atoms with Crippen molar-refractivity contribution in [3.8, 4) is 0 Å². The van der Waals surface area contributed by atoms with Gasteiger partial charge in [0.2, 0.25) is 5.91 Å². The molecule has 0 spiro atoms. The van der Waals surface area contributed by atoms with Crippen LogP contribution in [-0.2, 0) is 14.3 Å². The maximum Gasteiger partial charge on any atom is 0.331 e. The van der Waals surface area contributed by atoms with Gasteiger partial charge in [-0.05, 0) is 43.9 Å². The van der Waals surface area contributed by atoms with Gasteiger partial charge in [0, 0.05) is 13.5 Å². The highest BCUT2D eigenvalue weighted by Gasteiger charge is 2.41. The van der Waals surface area contributed by atoms with Crippen LogP contribution in [0.15, 0.2) is 0 Å². The van der Waals surface area contributed by atoms with Crippen LogP contribution in [0.2, 0.25) is 0 Å². The Balaban J connectivity index is 1.88. The molecule has 2 N–H and O–H groups in total. The largest absolute Gasteiger partial charge is 0.479 e. The van der Waals surface area contributed by atoms with Gasteiger partial charge in [-0.2, -0.15) is 0 Å². The third kappa shape index (κ3) is 3.08. The average Bonchev–Trinajstić information content (AvgIpc) is 2.90. The summed E-state index contributed by atoms with van der Waals surface area (Å²) in [7, 11) is 1.43. The maximum absolute atomic E-state index is 12.0. The third-order valence-corrected chi connectivity index (χ3v) is 4.65. The van der Waals surface area contributed by atoms with Crippen molar-refractivity contribution < 1.29 is 19.4 Å². The molecule has 2 rings (SSSR count). The highest BCUT2D eigenvalue weighted by molar-refractivity contribution is 5.86. The Morgan fingerprint density at radius 2 is 2.11 bits per heavy atom. The lowest BCUT2D eigenvalue weighted by Gasteiger charge is -2.27. The van der Waals surface area contributed by atoms with E-state index in [1.807, 2.05) is 0 Å². The minimum absolute atomic E-state index is 0.0230. The number of hydrogen-bond donors (Lipinski definition) is 2. The molecule has 4 unspecified atom stereocenters. The molecule has 2 aliphatic carbocycles. The minimum atomic E-state index is -1.33. The predicted molar refractivity (Wildman–Crippen MR) is 69.6 cm³/mol. The first kappa shape index (κ1) is 14.3. The van der Waals surface area contributed by atoms with Crippen molar-refractivity contribution >= 4 is 11.9 Å². The molecule has 0 heterocycles. The Labute approximate surface area is 113 Å². The number of rotatable bonds is 6. The SMILES string of the molecule is COCC(C)(NC(=O)CC1CC2CCC1C2)C(=O)O. The van der Waals surface area contributed by atoms with E-state index >= 15 is 0 Å².